The summed E-state index contributed by atoms with van der Waals surface area (Å²) in [7, 11) is 2.13. The second kappa shape index (κ2) is 15.4. The van der Waals surface area contributed by atoms with Gasteiger partial charge < -0.3 is 20.0 Å². The molecular weight excluding hydrogens is 410 g/mol. The maximum absolute atomic E-state index is 12.3. The molecule has 1 N–H and O–H groups in total. The minimum absolute atomic E-state index is 0.0500. The molecule has 0 aliphatic carbocycles. The van der Waals surface area contributed by atoms with E-state index in [0.29, 0.717) is 12.1 Å². The smallest absolute Gasteiger partial charge is 0.294 e. The summed E-state index contributed by atoms with van der Waals surface area (Å²) >= 11 is 0. The Morgan fingerprint density at radius 3 is 2.16 bits per heavy atom. The van der Waals surface area contributed by atoms with Crippen LogP contribution >= 0.6 is 0 Å². The third-order valence-corrected chi connectivity index (χ3v) is 5.89. The number of nitrogens with zero attached hydrogens (tertiary/aromatic N) is 4. The summed E-state index contributed by atoms with van der Waals surface area (Å²) < 4.78 is 0. The van der Waals surface area contributed by atoms with Crippen molar-refractivity contribution in [3.8, 4) is 0 Å². The molecule has 0 spiro atoms. The number of likely N-dealkylation sites (N-methyl/N-ethyl adjacent to an activating group) is 1. The van der Waals surface area contributed by atoms with E-state index in [1.807, 2.05) is 12.1 Å². The minimum Gasteiger partial charge on any atom is -0.354 e. The van der Waals surface area contributed by atoms with E-state index in [-0.39, 0.29) is 12.5 Å². The van der Waals surface area contributed by atoms with Gasteiger partial charge in [-0.1, -0.05) is 51.4 Å². The van der Waals surface area contributed by atoms with Gasteiger partial charge in [0.15, 0.2) is 0 Å². The molecule has 1 aromatic heterocycles. The van der Waals surface area contributed by atoms with Crippen LogP contribution in [0.4, 0.5) is 5.82 Å². The Kier molecular flexibility index (Phi) is 12.4. The molecule has 0 atom stereocenters. The minimum atomic E-state index is -0.727. The van der Waals surface area contributed by atoms with Crippen molar-refractivity contribution in [1.29, 1.82) is 0 Å². The molecule has 180 valence electrons. The normalized spacial score (nSPS) is 14.3. The summed E-state index contributed by atoms with van der Waals surface area (Å²) in [4.78, 5) is 35.7. The third kappa shape index (κ3) is 10.7. The zero-order valence-electron chi connectivity index (χ0n) is 19.5. The van der Waals surface area contributed by atoms with Crippen molar-refractivity contribution >= 4 is 11.7 Å². The van der Waals surface area contributed by atoms with Gasteiger partial charge in [-0.05, 0) is 32.0 Å². The van der Waals surface area contributed by atoms with E-state index in [9.17, 15) is 14.9 Å². The first-order valence-corrected chi connectivity index (χ1v) is 12.0. The van der Waals surface area contributed by atoms with Gasteiger partial charge in [0.2, 0.25) is 0 Å². The number of nitrogens with one attached hydrogen (secondary N) is 1. The predicted octanol–water partition coefficient (Wildman–Crippen LogP) is 3.67. The SMILES string of the molecule is CN1CCN(c2ccc(C(=O)NCCCCCCCCCCCCO[N+](=O)[O-])cn2)CC1. The van der Waals surface area contributed by atoms with Crippen LogP contribution in [0.3, 0.4) is 0 Å². The summed E-state index contributed by atoms with van der Waals surface area (Å²) in [6, 6.07) is 3.81. The van der Waals surface area contributed by atoms with E-state index in [0.717, 1.165) is 64.1 Å². The van der Waals surface area contributed by atoms with Gasteiger partial charge in [0.25, 0.3) is 11.0 Å². The Morgan fingerprint density at radius 2 is 1.59 bits per heavy atom. The van der Waals surface area contributed by atoms with Crippen LogP contribution in [0.5, 0.6) is 0 Å². The van der Waals surface area contributed by atoms with Crippen molar-refractivity contribution in [3.05, 3.63) is 34.0 Å². The van der Waals surface area contributed by atoms with Gasteiger partial charge in [0.1, 0.15) is 5.82 Å². The molecule has 1 amide bonds. The lowest BCUT2D eigenvalue weighted by atomic mass is 10.1. The number of carbonyl (C=O) groups is 1. The van der Waals surface area contributed by atoms with Crippen molar-refractivity contribution in [2.45, 2.75) is 64.2 Å². The Balaban J connectivity index is 1.43. The lowest BCUT2D eigenvalue weighted by molar-refractivity contribution is -0.757. The fourth-order valence-electron chi connectivity index (χ4n) is 3.83. The van der Waals surface area contributed by atoms with Crippen LogP contribution in [0.15, 0.2) is 18.3 Å². The predicted molar refractivity (Wildman–Crippen MR) is 125 cm³/mol. The summed E-state index contributed by atoms with van der Waals surface area (Å²) in [5.74, 6) is 0.893. The van der Waals surface area contributed by atoms with E-state index in [1.54, 1.807) is 6.20 Å². The van der Waals surface area contributed by atoms with Gasteiger partial charge in [0.05, 0.1) is 12.2 Å². The Bertz CT molecular complexity index is 663. The number of rotatable bonds is 16. The first kappa shape index (κ1) is 25.8. The molecular formula is C23H39N5O4. The number of amides is 1. The molecule has 9 nitrogen and oxygen atoms in total. The fourth-order valence-corrected chi connectivity index (χ4v) is 3.83. The highest BCUT2D eigenvalue weighted by atomic mass is 16.9. The topological polar surface area (TPSA) is 101 Å². The van der Waals surface area contributed by atoms with Crippen molar-refractivity contribution in [2.24, 2.45) is 0 Å². The molecule has 1 aliphatic heterocycles. The highest BCUT2D eigenvalue weighted by Crippen LogP contribution is 2.14. The molecule has 2 rings (SSSR count). The highest BCUT2D eigenvalue weighted by Gasteiger charge is 2.15. The van der Waals surface area contributed by atoms with E-state index in [2.05, 4.69) is 32.0 Å². The zero-order chi connectivity index (χ0) is 23.0. The largest absolute Gasteiger partial charge is 0.354 e. The number of pyridine rings is 1. The number of hydrogen-bond donors (Lipinski definition) is 1. The average Bonchev–Trinajstić information content (AvgIpc) is 2.79. The van der Waals surface area contributed by atoms with Crippen LogP contribution in [0.2, 0.25) is 0 Å². The number of aromatic nitrogens is 1. The Hall–Kier alpha value is -2.42. The fraction of sp³-hybridized carbons (Fsp3) is 0.739. The number of anilines is 1. The first-order valence-electron chi connectivity index (χ1n) is 12.0. The van der Waals surface area contributed by atoms with Gasteiger partial charge in [-0.2, -0.15) is 0 Å². The van der Waals surface area contributed by atoms with Crippen LogP contribution in [0.1, 0.15) is 74.6 Å². The molecule has 1 aromatic rings. The Morgan fingerprint density at radius 1 is 1.00 bits per heavy atom. The maximum atomic E-state index is 12.3. The quantitative estimate of drug-likeness (QED) is 0.233. The van der Waals surface area contributed by atoms with E-state index in [4.69, 9.17) is 0 Å². The zero-order valence-corrected chi connectivity index (χ0v) is 19.5. The van der Waals surface area contributed by atoms with Crippen molar-refractivity contribution in [1.82, 2.24) is 15.2 Å². The van der Waals surface area contributed by atoms with Gasteiger partial charge in [-0.3, -0.25) is 4.79 Å². The molecule has 9 heteroatoms. The van der Waals surface area contributed by atoms with Gasteiger partial charge in [-0.25, -0.2) is 4.98 Å². The number of hydrogen-bond acceptors (Lipinski definition) is 7. The summed E-state index contributed by atoms with van der Waals surface area (Å²) in [6.07, 6.45) is 12.7. The van der Waals surface area contributed by atoms with E-state index >= 15 is 0 Å². The molecule has 0 radical (unpaired) electrons. The summed E-state index contributed by atoms with van der Waals surface area (Å²) in [6.45, 7) is 4.92. The van der Waals surface area contributed by atoms with Crippen molar-refractivity contribution in [2.75, 3.05) is 51.3 Å². The van der Waals surface area contributed by atoms with Crippen LogP contribution in [-0.2, 0) is 4.84 Å². The molecule has 1 fully saturated rings. The summed E-state index contributed by atoms with van der Waals surface area (Å²) in [5.41, 5.74) is 0.618. The molecule has 32 heavy (non-hydrogen) atoms. The molecule has 0 saturated carbocycles. The second-order valence-corrected chi connectivity index (χ2v) is 8.54. The van der Waals surface area contributed by atoms with Gasteiger partial charge in [-0.15, -0.1) is 10.1 Å². The molecule has 2 heterocycles. The van der Waals surface area contributed by atoms with Crippen LogP contribution in [0, 0.1) is 10.1 Å². The van der Waals surface area contributed by atoms with E-state index in [1.165, 1.54) is 32.1 Å². The number of carbonyl (C=O) groups excluding carboxylic acids is 1. The van der Waals surface area contributed by atoms with Crippen LogP contribution in [0.25, 0.3) is 0 Å². The number of piperazine rings is 1. The first-order chi connectivity index (χ1) is 15.6. The van der Waals surface area contributed by atoms with Crippen LogP contribution < -0.4 is 10.2 Å². The molecule has 0 aromatic carbocycles. The van der Waals surface area contributed by atoms with Crippen LogP contribution in [-0.4, -0.2) is 67.3 Å². The second-order valence-electron chi connectivity index (χ2n) is 8.54. The van der Waals surface area contributed by atoms with Gasteiger partial charge >= 0.3 is 0 Å². The molecule has 0 unspecified atom stereocenters. The lowest BCUT2D eigenvalue weighted by Gasteiger charge is -2.33. The van der Waals surface area contributed by atoms with Crippen molar-refractivity contribution < 1.29 is 14.7 Å². The monoisotopic (exact) mass is 449 g/mol. The van der Waals surface area contributed by atoms with E-state index < -0.39 is 5.09 Å². The summed E-state index contributed by atoms with van der Waals surface area (Å²) in [5, 5.41) is 12.3. The maximum Gasteiger partial charge on any atom is 0.294 e. The highest BCUT2D eigenvalue weighted by molar-refractivity contribution is 5.94. The van der Waals surface area contributed by atoms with Crippen molar-refractivity contribution in [3.63, 3.8) is 0 Å². The lowest BCUT2D eigenvalue weighted by Crippen LogP contribution is -2.44. The Labute approximate surface area is 191 Å². The standard InChI is InChI=1S/C23H39N5O4/c1-26-15-17-27(18-16-26)22-13-12-21(20-25-22)23(29)24-14-10-8-6-4-2-3-5-7-9-11-19-32-28(30)31/h12-13,20H,2-11,14-19H2,1H3,(H,24,29). The number of unbranched alkanes of at least 4 members (excludes halogenated alkanes) is 9. The molecule has 1 aliphatic rings. The third-order valence-electron chi connectivity index (χ3n) is 5.89. The van der Waals surface area contributed by atoms with Gasteiger partial charge in [0, 0.05) is 38.9 Å². The molecule has 0 bridgehead atoms. The average molecular weight is 450 g/mol. The molecule has 1 saturated heterocycles.